The van der Waals surface area contributed by atoms with Crippen LogP contribution in [0.25, 0.3) is 0 Å². The molecule has 2 aliphatic rings. The van der Waals surface area contributed by atoms with Crippen molar-refractivity contribution < 1.29 is 4.79 Å². The number of nitrogens with one attached hydrogen (secondary N) is 1. The van der Waals surface area contributed by atoms with E-state index in [1.54, 1.807) is 0 Å². The molecule has 0 radical (unpaired) electrons. The number of carbonyl (C=O) groups is 1. The fourth-order valence-electron chi connectivity index (χ4n) is 3.98. The van der Waals surface area contributed by atoms with Crippen molar-refractivity contribution in [2.45, 2.75) is 51.6 Å². The number of rotatable bonds is 6. The molecule has 4 nitrogen and oxygen atoms in total. The second-order valence-corrected chi connectivity index (χ2v) is 7.16. The van der Waals surface area contributed by atoms with E-state index in [2.05, 4.69) is 34.2 Å². The summed E-state index contributed by atoms with van der Waals surface area (Å²) in [6.07, 6.45) is 5.76. The fourth-order valence-corrected chi connectivity index (χ4v) is 3.98. The van der Waals surface area contributed by atoms with Crippen molar-refractivity contribution >= 4 is 5.91 Å². The second-order valence-electron chi connectivity index (χ2n) is 7.16. The molecule has 2 heterocycles. The molecule has 1 aromatic rings. The van der Waals surface area contributed by atoms with E-state index >= 15 is 0 Å². The van der Waals surface area contributed by atoms with Gasteiger partial charge < -0.3 is 10.2 Å². The van der Waals surface area contributed by atoms with Crippen molar-refractivity contribution in [3.05, 3.63) is 35.4 Å². The number of hydrogen-bond acceptors (Lipinski definition) is 3. The maximum absolute atomic E-state index is 13.1. The molecule has 1 amide bonds. The quantitative estimate of drug-likeness (QED) is 0.872. The van der Waals surface area contributed by atoms with E-state index < -0.39 is 0 Å². The van der Waals surface area contributed by atoms with Gasteiger partial charge in [-0.3, -0.25) is 9.69 Å². The predicted octanol–water partition coefficient (Wildman–Crippen LogP) is 2.89. The highest BCUT2D eigenvalue weighted by Crippen LogP contribution is 2.19. The molecule has 2 saturated heterocycles. The van der Waals surface area contributed by atoms with Crippen LogP contribution < -0.4 is 5.32 Å². The molecule has 0 spiro atoms. The fraction of sp³-hybridized carbons (Fsp3) is 0.650. The van der Waals surface area contributed by atoms with Crippen molar-refractivity contribution in [1.82, 2.24) is 15.1 Å². The van der Waals surface area contributed by atoms with E-state index in [0.717, 1.165) is 51.0 Å². The lowest BCUT2D eigenvalue weighted by Crippen LogP contribution is -2.46. The Balaban J connectivity index is 1.71. The largest absolute Gasteiger partial charge is 0.336 e. The molecule has 0 aromatic heterocycles. The molecule has 24 heavy (non-hydrogen) atoms. The van der Waals surface area contributed by atoms with Crippen LogP contribution in [0.3, 0.4) is 0 Å². The van der Waals surface area contributed by atoms with E-state index in [4.69, 9.17) is 0 Å². The maximum atomic E-state index is 13.1. The van der Waals surface area contributed by atoms with Gasteiger partial charge in [0.25, 0.3) is 5.91 Å². The third-order valence-electron chi connectivity index (χ3n) is 5.25. The third-order valence-corrected chi connectivity index (χ3v) is 5.25. The predicted molar refractivity (Wildman–Crippen MR) is 98.2 cm³/mol. The zero-order valence-corrected chi connectivity index (χ0v) is 15.0. The Morgan fingerprint density at radius 3 is 2.71 bits per heavy atom. The molecule has 1 N–H and O–H groups in total. The average molecular weight is 329 g/mol. The summed E-state index contributed by atoms with van der Waals surface area (Å²) in [4.78, 5) is 17.7. The zero-order valence-electron chi connectivity index (χ0n) is 15.0. The van der Waals surface area contributed by atoms with Crippen molar-refractivity contribution in [3.8, 4) is 0 Å². The lowest BCUT2D eigenvalue weighted by molar-refractivity contribution is 0.0642. The van der Waals surface area contributed by atoms with E-state index in [-0.39, 0.29) is 5.91 Å². The summed E-state index contributed by atoms with van der Waals surface area (Å²) in [5.41, 5.74) is 2.13. The van der Waals surface area contributed by atoms with Crippen LogP contribution in [-0.2, 0) is 6.54 Å². The topological polar surface area (TPSA) is 35.6 Å². The number of nitrogens with zero attached hydrogens (tertiary/aromatic N) is 2. The van der Waals surface area contributed by atoms with Gasteiger partial charge in [0.05, 0.1) is 0 Å². The Morgan fingerprint density at radius 2 is 2.00 bits per heavy atom. The van der Waals surface area contributed by atoms with Gasteiger partial charge in [-0.25, -0.2) is 0 Å². The normalized spacial score (nSPS) is 19.5. The summed E-state index contributed by atoms with van der Waals surface area (Å²) in [6, 6.07) is 8.69. The SMILES string of the molecule is CCCN(C(=O)c1cccc(CN2CCCC2)c1)C1CCNCC1. The van der Waals surface area contributed by atoms with E-state index in [1.165, 1.54) is 31.5 Å². The lowest BCUT2D eigenvalue weighted by Gasteiger charge is -2.34. The average Bonchev–Trinajstić information content (AvgIpc) is 3.13. The molecule has 132 valence electrons. The molecule has 0 unspecified atom stereocenters. The monoisotopic (exact) mass is 329 g/mol. The van der Waals surface area contributed by atoms with E-state index in [1.807, 2.05) is 12.1 Å². The minimum atomic E-state index is 0.215. The van der Waals surface area contributed by atoms with E-state index in [9.17, 15) is 4.79 Å². The highest BCUT2D eigenvalue weighted by Gasteiger charge is 2.25. The Hall–Kier alpha value is -1.39. The summed E-state index contributed by atoms with van der Waals surface area (Å²) in [5, 5.41) is 3.40. The first-order chi connectivity index (χ1) is 11.8. The standard InChI is InChI=1S/C20H31N3O/c1-2-12-23(19-8-10-21-11-9-19)20(24)18-7-5-6-17(15-18)16-22-13-3-4-14-22/h5-7,15,19,21H,2-4,8-14,16H2,1H3. The molecule has 0 bridgehead atoms. The summed E-state index contributed by atoms with van der Waals surface area (Å²) in [7, 11) is 0. The molecule has 2 aliphatic heterocycles. The molecule has 1 aromatic carbocycles. The number of carbonyl (C=O) groups excluding carboxylic acids is 1. The first kappa shape index (κ1) is 17.4. The van der Waals surface area contributed by atoms with Crippen LogP contribution in [0.4, 0.5) is 0 Å². The van der Waals surface area contributed by atoms with Gasteiger partial charge in [0.15, 0.2) is 0 Å². The van der Waals surface area contributed by atoms with Crippen LogP contribution in [0, 0.1) is 0 Å². The van der Waals surface area contributed by atoms with Crippen molar-refractivity contribution in [2.75, 3.05) is 32.7 Å². The van der Waals surface area contributed by atoms with Gasteiger partial charge in [-0.2, -0.15) is 0 Å². The first-order valence-corrected chi connectivity index (χ1v) is 9.61. The number of piperidine rings is 1. The van der Waals surface area contributed by atoms with Gasteiger partial charge in [-0.05, 0) is 76.0 Å². The number of hydrogen-bond donors (Lipinski definition) is 1. The zero-order chi connectivity index (χ0) is 16.8. The lowest BCUT2D eigenvalue weighted by atomic mass is 10.0. The minimum Gasteiger partial charge on any atom is -0.336 e. The second kappa shape index (κ2) is 8.63. The Labute approximate surface area is 146 Å². The molecular weight excluding hydrogens is 298 g/mol. The Kier molecular flexibility index (Phi) is 6.27. The van der Waals surface area contributed by atoms with Crippen LogP contribution in [0.2, 0.25) is 0 Å². The van der Waals surface area contributed by atoms with Gasteiger partial charge in [0.2, 0.25) is 0 Å². The van der Waals surface area contributed by atoms with Crippen LogP contribution in [0.5, 0.6) is 0 Å². The first-order valence-electron chi connectivity index (χ1n) is 9.61. The summed E-state index contributed by atoms with van der Waals surface area (Å²) < 4.78 is 0. The Bertz CT molecular complexity index is 533. The molecule has 3 rings (SSSR count). The number of likely N-dealkylation sites (tertiary alicyclic amines) is 1. The van der Waals surface area contributed by atoms with E-state index in [0.29, 0.717) is 6.04 Å². The molecular formula is C20H31N3O. The van der Waals surface area contributed by atoms with Gasteiger partial charge in [-0.15, -0.1) is 0 Å². The summed E-state index contributed by atoms with van der Waals surface area (Å²) in [6.45, 7) is 8.41. The van der Waals surface area contributed by atoms with Crippen molar-refractivity contribution in [1.29, 1.82) is 0 Å². The van der Waals surface area contributed by atoms with Gasteiger partial charge in [0.1, 0.15) is 0 Å². The van der Waals surface area contributed by atoms with Crippen molar-refractivity contribution in [2.24, 2.45) is 0 Å². The molecule has 4 heteroatoms. The molecule has 2 fully saturated rings. The van der Waals surface area contributed by atoms with Gasteiger partial charge in [-0.1, -0.05) is 19.1 Å². The molecule has 0 saturated carbocycles. The molecule has 0 aliphatic carbocycles. The highest BCUT2D eigenvalue weighted by molar-refractivity contribution is 5.94. The van der Waals surface area contributed by atoms with Gasteiger partial charge in [0, 0.05) is 24.7 Å². The molecule has 0 atom stereocenters. The van der Waals surface area contributed by atoms with Crippen molar-refractivity contribution in [3.63, 3.8) is 0 Å². The van der Waals surface area contributed by atoms with Crippen LogP contribution in [0.1, 0.15) is 54.9 Å². The van der Waals surface area contributed by atoms with Crippen LogP contribution in [-0.4, -0.2) is 54.5 Å². The number of amides is 1. The maximum Gasteiger partial charge on any atom is 0.254 e. The van der Waals surface area contributed by atoms with Crippen LogP contribution in [0.15, 0.2) is 24.3 Å². The van der Waals surface area contributed by atoms with Gasteiger partial charge >= 0.3 is 0 Å². The minimum absolute atomic E-state index is 0.215. The Morgan fingerprint density at radius 1 is 1.25 bits per heavy atom. The third kappa shape index (κ3) is 4.37. The number of benzene rings is 1. The smallest absolute Gasteiger partial charge is 0.254 e. The summed E-state index contributed by atoms with van der Waals surface area (Å²) in [5.74, 6) is 0.215. The summed E-state index contributed by atoms with van der Waals surface area (Å²) >= 11 is 0. The highest BCUT2D eigenvalue weighted by atomic mass is 16.2. The van der Waals surface area contributed by atoms with Crippen LogP contribution >= 0.6 is 0 Å².